The molecule has 0 saturated carbocycles. The SMILES string of the molecule is CS(=O)(=O)OCCN(CCBr)c1ccc([N+](=O)[O-])cc1S(=O)(=O)N1CCN(Cc2ccccn2)CC1. The summed E-state index contributed by atoms with van der Waals surface area (Å²) in [6.07, 6.45) is 2.64. The minimum Gasteiger partial charge on any atom is -0.367 e. The van der Waals surface area contributed by atoms with Gasteiger partial charge in [0.25, 0.3) is 15.8 Å². The fraction of sp³-hybridized carbons (Fsp3) is 0.476. The Bertz CT molecular complexity index is 1250. The smallest absolute Gasteiger partial charge is 0.270 e. The van der Waals surface area contributed by atoms with Gasteiger partial charge in [-0.25, -0.2) is 8.42 Å². The largest absolute Gasteiger partial charge is 0.367 e. The fourth-order valence-electron chi connectivity index (χ4n) is 3.83. The van der Waals surface area contributed by atoms with E-state index in [1.807, 2.05) is 18.2 Å². The molecular weight excluding hydrogens is 578 g/mol. The first-order valence-corrected chi connectivity index (χ1v) is 15.5. The predicted octanol–water partition coefficient (Wildman–Crippen LogP) is 1.67. The number of hydrogen-bond donors (Lipinski definition) is 0. The molecule has 1 saturated heterocycles. The van der Waals surface area contributed by atoms with E-state index in [1.165, 1.54) is 16.4 Å². The van der Waals surface area contributed by atoms with Crippen LogP contribution in [0.15, 0.2) is 47.5 Å². The van der Waals surface area contributed by atoms with Gasteiger partial charge in [-0.2, -0.15) is 12.7 Å². The van der Waals surface area contributed by atoms with E-state index in [4.69, 9.17) is 4.18 Å². The van der Waals surface area contributed by atoms with E-state index >= 15 is 0 Å². The Hall–Kier alpha value is -2.17. The molecule has 1 aliphatic heterocycles. The molecule has 0 radical (unpaired) electrons. The molecule has 36 heavy (non-hydrogen) atoms. The number of non-ortho nitro benzene ring substituents is 1. The van der Waals surface area contributed by atoms with Crippen LogP contribution in [0.5, 0.6) is 0 Å². The normalized spacial score (nSPS) is 15.6. The van der Waals surface area contributed by atoms with Crippen LogP contribution in [0.2, 0.25) is 0 Å². The van der Waals surface area contributed by atoms with E-state index in [1.54, 1.807) is 11.1 Å². The second-order valence-corrected chi connectivity index (χ2v) is 12.5. The minimum absolute atomic E-state index is 0.0663. The van der Waals surface area contributed by atoms with E-state index < -0.39 is 25.1 Å². The predicted molar refractivity (Wildman–Crippen MR) is 138 cm³/mol. The van der Waals surface area contributed by atoms with E-state index in [9.17, 15) is 26.9 Å². The third kappa shape index (κ3) is 7.66. The number of anilines is 1. The van der Waals surface area contributed by atoms with Gasteiger partial charge in [0.2, 0.25) is 10.0 Å². The van der Waals surface area contributed by atoms with Gasteiger partial charge < -0.3 is 4.90 Å². The highest BCUT2D eigenvalue weighted by molar-refractivity contribution is 9.09. The quantitative estimate of drug-likeness (QED) is 0.152. The Kier molecular flexibility index (Phi) is 9.77. The third-order valence-corrected chi connectivity index (χ3v) is 8.45. The van der Waals surface area contributed by atoms with Gasteiger partial charge in [-0.3, -0.25) is 24.2 Å². The summed E-state index contributed by atoms with van der Waals surface area (Å²) in [5, 5.41) is 11.9. The summed E-state index contributed by atoms with van der Waals surface area (Å²) in [6.45, 7) is 2.17. The zero-order valence-corrected chi connectivity index (χ0v) is 22.9. The molecule has 0 N–H and O–H groups in total. The zero-order chi connectivity index (χ0) is 26.3. The summed E-state index contributed by atoms with van der Waals surface area (Å²) in [4.78, 5) is 18.6. The van der Waals surface area contributed by atoms with Gasteiger partial charge in [-0.15, -0.1) is 0 Å². The van der Waals surface area contributed by atoms with Crippen molar-refractivity contribution in [3.8, 4) is 0 Å². The monoisotopic (exact) mass is 605 g/mol. The number of benzene rings is 1. The maximum atomic E-state index is 13.7. The van der Waals surface area contributed by atoms with Crippen LogP contribution in [0, 0.1) is 10.1 Å². The molecule has 0 bridgehead atoms. The lowest BCUT2D eigenvalue weighted by atomic mass is 10.2. The van der Waals surface area contributed by atoms with E-state index in [0.29, 0.717) is 31.5 Å². The number of pyridine rings is 1. The molecule has 0 atom stereocenters. The van der Waals surface area contributed by atoms with E-state index in [0.717, 1.165) is 18.0 Å². The molecule has 2 heterocycles. The van der Waals surface area contributed by atoms with Crippen molar-refractivity contribution in [1.29, 1.82) is 0 Å². The van der Waals surface area contributed by atoms with E-state index in [2.05, 4.69) is 25.8 Å². The summed E-state index contributed by atoms with van der Waals surface area (Å²) >= 11 is 3.32. The molecule has 2 aromatic rings. The molecule has 0 aliphatic carbocycles. The van der Waals surface area contributed by atoms with E-state index in [-0.39, 0.29) is 42.5 Å². The van der Waals surface area contributed by atoms with Crippen LogP contribution in [0.1, 0.15) is 5.69 Å². The average Bonchev–Trinajstić information content (AvgIpc) is 2.83. The number of sulfonamides is 1. The Morgan fingerprint density at radius 3 is 2.42 bits per heavy atom. The Morgan fingerprint density at radius 2 is 1.83 bits per heavy atom. The second-order valence-electron chi connectivity index (χ2n) is 8.11. The number of alkyl halides is 1. The molecule has 0 amide bonds. The van der Waals surface area contributed by atoms with Crippen LogP contribution in [0.25, 0.3) is 0 Å². The molecule has 1 aromatic carbocycles. The zero-order valence-electron chi connectivity index (χ0n) is 19.7. The molecule has 3 rings (SSSR count). The topological polar surface area (TPSA) is 143 Å². The van der Waals surface area contributed by atoms with Crippen molar-refractivity contribution in [2.75, 3.05) is 62.4 Å². The number of hydrogen-bond acceptors (Lipinski definition) is 10. The number of aromatic nitrogens is 1. The number of rotatable bonds is 12. The third-order valence-electron chi connectivity index (χ3n) is 5.57. The Labute approximate surface area is 219 Å². The standard InChI is InChI=1S/C21H28BrN5O7S2/c1-35(30,31)34-15-14-25(9-7-22)20-6-5-19(27(28)29)16-21(20)36(32,33)26-12-10-24(11-13-26)17-18-4-2-3-8-23-18/h2-6,8,16H,7,9-15,17H2,1H3. The maximum absolute atomic E-state index is 13.7. The van der Waals surface area contributed by atoms with Crippen molar-refractivity contribution in [3.05, 3.63) is 58.4 Å². The second kappa shape index (κ2) is 12.4. The highest BCUT2D eigenvalue weighted by Crippen LogP contribution is 2.32. The molecule has 1 aromatic heterocycles. The van der Waals surface area contributed by atoms with Crippen molar-refractivity contribution in [3.63, 3.8) is 0 Å². The molecule has 1 fully saturated rings. The van der Waals surface area contributed by atoms with Crippen molar-refractivity contribution in [2.45, 2.75) is 11.4 Å². The average molecular weight is 607 g/mol. The van der Waals surface area contributed by atoms with Gasteiger partial charge in [0, 0.05) is 69.5 Å². The molecule has 198 valence electrons. The molecule has 0 unspecified atom stereocenters. The number of piperazine rings is 1. The van der Waals surface area contributed by atoms with Gasteiger partial charge in [0.1, 0.15) is 4.90 Å². The van der Waals surface area contributed by atoms with Crippen molar-refractivity contribution < 1.29 is 25.9 Å². The first-order chi connectivity index (χ1) is 17.0. The van der Waals surface area contributed by atoms with Crippen molar-refractivity contribution >= 4 is 47.4 Å². The first-order valence-electron chi connectivity index (χ1n) is 11.1. The number of nitro benzene ring substituents is 1. The van der Waals surface area contributed by atoms with Gasteiger partial charge >= 0.3 is 0 Å². The lowest BCUT2D eigenvalue weighted by Crippen LogP contribution is -2.48. The van der Waals surface area contributed by atoms with Crippen molar-refractivity contribution in [2.24, 2.45) is 0 Å². The highest BCUT2D eigenvalue weighted by Gasteiger charge is 2.33. The van der Waals surface area contributed by atoms with Gasteiger partial charge in [0.05, 0.1) is 29.2 Å². The fourth-order valence-corrected chi connectivity index (χ4v) is 6.28. The number of halogens is 1. The summed E-state index contributed by atoms with van der Waals surface area (Å²) in [5.41, 5.74) is 0.780. The molecule has 12 nitrogen and oxygen atoms in total. The van der Waals surface area contributed by atoms with Crippen LogP contribution in [0.4, 0.5) is 11.4 Å². The lowest BCUT2D eigenvalue weighted by molar-refractivity contribution is -0.385. The summed E-state index contributed by atoms with van der Waals surface area (Å²) in [6, 6.07) is 9.31. The molecular formula is C21H28BrN5O7S2. The summed E-state index contributed by atoms with van der Waals surface area (Å²) in [7, 11) is -7.77. The summed E-state index contributed by atoms with van der Waals surface area (Å²) in [5.74, 6) is 0. The van der Waals surface area contributed by atoms with Crippen LogP contribution >= 0.6 is 15.9 Å². The van der Waals surface area contributed by atoms with Crippen LogP contribution in [0.3, 0.4) is 0 Å². The highest BCUT2D eigenvalue weighted by atomic mass is 79.9. The van der Waals surface area contributed by atoms with Crippen LogP contribution < -0.4 is 4.90 Å². The Morgan fingerprint density at radius 1 is 1.11 bits per heavy atom. The molecule has 1 aliphatic rings. The van der Waals surface area contributed by atoms with Gasteiger partial charge in [-0.05, 0) is 18.2 Å². The van der Waals surface area contributed by atoms with Crippen LogP contribution in [-0.4, -0.2) is 93.4 Å². The number of nitrogens with zero attached hydrogens (tertiary/aromatic N) is 5. The van der Waals surface area contributed by atoms with Crippen LogP contribution in [-0.2, 0) is 30.9 Å². The first kappa shape index (κ1) is 28.4. The lowest BCUT2D eigenvalue weighted by Gasteiger charge is -2.35. The van der Waals surface area contributed by atoms with Crippen molar-refractivity contribution in [1.82, 2.24) is 14.2 Å². The van der Waals surface area contributed by atoms with Gasteiger partial charge in [-0.1, -0.05) is 22.0 Å². The summed E-state index contributed by atoms with van der Waals surface area (Å²) < 4.78 is 56.3. The number of nitro groups is 1. The Balaban J connectivity index is 1.85. The maximum Gasteiger partial charge on any atom is 0.270 e. The van der Waals surface area contributed by atoms with Gasteiger partial charge in [0.15, 0.2) is 0 Å². The molecule has 0 spiro atoms. The molecule has 15 heteroatoms. The minimum atomic E-state index is -4.09.